The van der Waals surface area contributed by atoms with E-state index in [1.165, 1.54) is 5.57 Å². The predicted octanol–water partition coefficient (Wildman–Crippen LogP) is 4.54. The molecular formula is C35H56O7. The molecule has 5 aliphatic rings. The fourth-order valence-electron chi connectivity index (χ4n) is 11.5. The minimum atomic E-state index is -1.23. The lowest BCUT2D eigenvalue weighted by molar-refractivity contribution is -0.262. The van der Waals surface area contributed by atoms with Crippen LogP contribution < -0.4 is 0 Å². The molecule has 12 atom stereocenters. The van der Waals surface area contributed by atoms with Crippen LogP contribution >= 0.6 is 0 Å². The second-order valence-corrected chi connectivity index (χ2v) is 16.5. The van der Waals surface area contributed by atoms with Crippen molar-refractivity contribution in [2.75, 3.05) is 13.2 Å². The monoisotopic (exact) mass is 588 g/mol. The van der Waals surface area contributed by atoms with Crippen LogP contribution in [0.1, 0.15) is 100 Å². The number of aliphatic hydroxyl groups excluding tert-OH is 5. The Morgan fingerprint density at radius 2 is 1.62 bits per heavy atom. The van der Waals surface area contributed by atoms with E-state index in [1.54, 1.807) is 19.9 Å². The van der Waals surface area contributed by atoms with Crippen LogP contribution in [0.5, 0.6) is 0 Å². The Labute approximate surface area is 252 Å². The van der Waals surface area contributed by atoms with Crippen molar-refractivity contribution in [1.29, 1.82) is 0 Å². The highest BCUT2D eigenvalue weighted by atomic mass is 16.6. The number of hydrogen-bond acceptors (Lipinski definition) is 7. The maximum Gasteiger partial charge on any atom is 0.333 e. The van der Waals surface area contributed by atoms with Crippen molar-refractivity contribution >= 4 is 5.97 Å². The van der Waals surface area contributed by atoms with Gasteiger partial charge < -0.3 is 30.3 Å². The molecule has 5 rings (SSSR count). The zero-order valence-corrected chi connectivity index (χ0v) is 27.1. The third kappa shape index (κ3) is 3.92. The lowest BCUT2D eigenvalue weighted by Gasteiger charge is -2.72. The van der Waals surface area contributed by atoms with E-state index in [0.717, 1.165) is 25.7 Å². The number of carbonyl (C=O) groups is 1. The van der Waals surface area contributed by atoms with E-state index in [9.17, 15) is 30.3 Å². The summed E-state index contributed by atoms with van der Waals surface area (Å²) in [7, 11) is 0. The number of allylic oxidation sites excluding steroid dienone is 3. The maximum atomic E-state index is 12.9. The molecule has 7 nitrogen and oxygen atoms in total. The fraction of sp³-hybridized carbons (Fsp3) is 0.857. The van der Waals surface area contributed by atoms with Crippen LogP contribution in [0.2, 0.25) is 0 Å². The van der Waals surface area contributed by atoms with Crippen molar-refractivity contribution in [3.05, 3.63) is 23.3 Å². The van der Waals surface area contributed by atoms with E-state index in [4.69, 9.17) is 4.74 Å². The lowest BCUT2D eigenvalue weighted by Crippen LogP contribution is -2.72. The Kier molecular flexibility index (Phi) is 7.76. The first kappa shape index (κ1) is 32.2. The average Bonchev–Trinajstić information content (AvgIpc) is 2.93. The van der Waals surface area contributed by atoms with E-state index >= 15 is 0 Å². The number of carbonyl (C=O) groups excluding carboxylic acids is 1. The van der Waals surface area contributed by atoms with Crippen molar-refractivity contribution < 1.29 is 35.1 Å². The highest BCUT2D eigenvalue weighted by Crippen LogP contribution is 2.75. The van der Waals surface area contributed by atoms with Crippen LogP contribution in [-0.2, 0) is 9.53 Å². The van der Waals surface area contributed by atoms with Gasteiger partial charge in [-0.2, -0.15) is 0 Å². The molecule has 0 aliphatic heterocycles. The normalized spacial score (nSPS) is 51.8. The summed E-state index contributed by atoms with van der Waals surface area (Å²) in [4.78, 5) is 12.9. The van der Waals surface area contributed by atoms with Gasteiger partial charge in [-0.15, -0.1) is 0 Å². The fourth-order valence-corrected chi connectivity index (χ4v) is 11.5. The minimum Gasteiger partial charge on any atom is -0.456 e. The number of rotatable bonds is 4. The Morgan fingerprint density at radius 3 is 2.21 bits per heavy atom. The first-order chi connectivity index (χ1) is 19.4. The van der Waals surface area contributed by atoms with Gasteiger partial charge in [0.2, 0.25) is 0 Å². The van der Waals surface area contributed by atoms with Gasteiger partial charge in [-0.3, -0.25) is 0 Å². The summed E-state index contributed by atoms with van der Waals surface area (Å²) in [5, 5.41) is 56.6. The number of esters is 1. The standard InChI is InChI=1S/C35H56O7/c1-9-20(2)29(41)42-28-27(40)35(19-37)22(16-30(28,3)4)21-10-11-24-31(5)14-13-25(38)32(6,18-36)23(31)12-15-33(24,7)34(21,8)17-26(35)39/h9-10,22-28,36-40H,11-19H2,1-8H3/b20-9+/t22-,23-,24+,25+,26-,27+,28+,31+,32-,33-,34-,35-/m1/s1. The number of hydrogen-bond donors (Lipinski definition) is 5. The maximum absolute atomic E-state index is 12.9. The van der Waals surface area contributed by atoms with Crippen molar-refractivity contribution in [2.24, 2.45) is 50.2 Å². The SMILES string of the molecule is C/C=C(\C)C(=O)O[C@H]1[C@H](O)[C@@]2(CO)[C@H](O)C[C@]3(C)C(=CC[C@H]4[C@@]5(C)CC[C@H](O)[C@](C)(CO)[C@@H]5CC[C@]43C)[C@H]2CC1(C)C. The molecule has 5 N–H and O–H groups in total. The van der Waals surface area contributed by atoms with Crippen molar-refractivity contribution in [2.45, 2.75) is 125 Å². The molecule has 0 heterocycles. The van der Waals surface area contributed by atoms with Gasteiger partial charge in [0, 0.05) is 16.4 Å². The summed E-state index contributed by atoms with van der Waals surface area (Å²) in [5.41, 5.74) is -1.25. The third-order valence-corrected chi connectivity index (χ3v) is 14.5. The number of aliphatic hydroxyl groups is 5. The molecule has 5 aliphatic carbocycles. The molecule has 0 bridgehead atoms. The van der Waals surface area contributed by atoms with Crippen molar-refractivity contribution in [3.63, 3.8) is 0 Å². The van der Waals surface area contributed by atoms with Crippen LogP contribution in [0.25, 0.3) is 0 Å². The van der Waals surface area contributed by atoms with Crippen LogP contribution in [0.4, 0.5) is 0 Å². The molecule has 4 saturated carbocycles. The second-order valence-electron chi connectivity index (χ2n) is 16.5. The lowest BCUT2D eigenvalue weighted by atomic mass is 9.33. The van der Waals surface area contributed by atoms with Crippen LogP contribution in [-0.4, -0.2) is 69.1 Å². The Hall–Kier alpha value is -1.25. The van der Waals surface area contributed by atoms with Gasteiger partial charge in [0.25, 0.3) is 0 Å². The smallest absolute Gasteiger partial charge is 0.333 e. The van der Waals surface area contributed by atoms with Crippen LogP contribution in [0.3, 0.4) is 0 Å². The summed E-state index contributed by atoms with van der Waals surface area (Å²) in [6, 6.07) is 0. The largest absolute Gasteiger partial charge is 0.456 e. The molecule has 238 valence electrons. The molecule has 0 aromatic heterocycles. The molecule has 0 amide bonds. The molecule has 0 saturated heterocycles. The van der Waals surface area contributed by atoms with Crippen molar-refractivity contribution in [3.8, 4) is 0 Å². The zero-order valence-electron chi connectivity index (χ0n) is 27.1. The zero-order chi connectivity index (χ0) is 31.3. The summed E-state index contributed by atoms with van der Waals surface area (Å²) < 4.78 is 5.93. The Morgan fingerprint density at radius 1 is 0.952 bits per heavy atom. The number of fused-ring (bicyclic) bond motifs is 7. The molecule has 4 fully saturated rings. The second kappa shape index (κ2) is 10.1. The minimum absolute atomic E-state index is 0.0255. The average molecular weight is 589 g/mol. The summed E-state index contributed by atoms with van der Waals surface area (Å²) in [5.74, 6) is -0.241. The quantitative estimate of drug-likeness (QED) is 0.185. The van der Waals surface area contributed by atoms with Gasteiger partial charge in [0.1, 0.15) is 12.2 Å². The highest BCUT2D eigenvalue weighted by molar-refractivity contribution is 5.87. The van der Waals surface area contributed by atoms with Crippen LogP contribution in [0, 0.1) is 50.2 Å². The first-order valence-corrected chi connectivity index (χ1v) is 16.2. The molecule has 42 heavy (non-hydrogen) atoms. The summed E-state index contributed by atoms with van der Waals surface area (Å²) in [6.07, 6.45) is 5.72. The molecule has 7 heteroatoms. The third-order valence-electron chi connectivity index (χ3n) is 14.5. The van der Waals surface area contributed by atoms with Gasteiger partial charge in [0.15, 0.2) is 0 Å². The number of ether oxygens (including phenoxy) is 1. The van der Waals surface area contributed by atoms with Crippen molar-refractivity contribution in [1.82, 2.24) is 0 Å². The summed E-state index contributed by atoms with van der Waals surface area (Å²) in [6.45, 7) is 16.2. The van der Waals surface area contributed by atoms with E-state index in [-0.39, 0.29) is 34.7 Å². The molecule has 0 unspecified atom stereocenters. The molecular weight excluding hydrogens is 532 g/mol. The van der Waals surface area contributed by atoms with E-state index in [1.807, 2.05) is 13.8 Å². The molecule has 0 aromatic carbocycles. The van der Waals surface area contributed by atoms with Gasteiger partial charge >= 0.3 is 5.97 Å². The van der Waals surface area contributed by atoms with E-state index < -0.39 is 53.2 Å². The Balaban J connectivity index is 1.58. The van der Waals surface area contributed by atoms with E-state index in [0.29, 0.717) is 30.8 Å². The van der Waals surface area contributed by atoms with Gasteiger partial charge in [-0.05, 0) is 92.8 Å². The predicted molar refractivity (Wildman–Crippen MR) is 161 cm³/mol. The Bertz CT molecular complexity index is 1160. The molecule has 0 aromatic rings. The molecule has 0 radical (unpaired) electrons. The topological polar surface area (TPSA) is 127 Å². The summed E-state index contributed by atoms with van der Waals surface area (Å²) >= 11 is 0. The van der Waals surface area contributed by atoms with E-state index in [2.05, 4.69) is 33.8 Å². The molecule has 0 spiro atoms. The van der Waals surface area contributed by atoms with Crippen LogP contribution in [0.15, 0.2) is 23.3 Å². The van der Waals surface area contributed by atoms with Gasteiger partial charge in [-0.1, -0.05) is 59.3 Å². The van der Waals surface area contributed by atoms with Gasteiger partial charge in [0.05, 0.1) is 30.8 Å². The van der Waals surface area contributed by atoms with Gasteiger partial charge in [-0.25, -0.2) is 4.79 Å². The first-order valence-electron chi connectivity index (χ1n) is 16.2. The highest BCUT2D eigenvalue weighted by Gasteiger charge is 2.72.